The lowest BCUT2D eigenvalue weighted by Gasteiger charge is -2.19. The summed E-state index contributed by atoms with van der Waals surface area (Å²) < 4.78 is 43.6. The standard InChI is InChI=1S/C29H27ClF3N3O.ClH/c1-35(2)18-17-34-28(37)19-20-7-9-21(10-8-20)25-15-16-26(22-11-13-23(30)14-12-22)36(25)27-6-4-3-5-24(27)29(31,32)33;/h3-16H,17-19H2,1-2H3,(H,34,37);1H. The summed E-state index contributed by atoms with van der Waals surface area (Å²) in [5.41, 5.74) is 2.79. The maximum Gasteiger partial charge on any atom is 0.418 e. The normalized spacial score (nSPS) is 11.3. The van der Waals surface area contributed by atoms with Crippen LogP contribution in [0.15, 0.2) is 84.9 Å². The van der Waals surface area contributed by atoms with Gasteiger partial charge in [-0.1, -0.05) is 60.1 Å². The molecule has 4 rings (SSSR count). The molecule has 0 aliphatic heterocycles. The molecule has 0 radical (unpaired) electrons. The summed E-state index contributed by atoms with van der Waals surface area (Å²) in [7, 11) is 3.87. The van der Waals surface area contributed by atoms with Gasteiger partial charge in [0.2, 0.25) is 5.91 Å². The highest BCUT2D eigenvalue weighted by atomic mass is 35.5. The monoisotopic (exact) mass is 561 g/mol. The molecule has 0 saturated carbocycles. The van der Waals surface area contributed by atoms with Gasteiger partial charge in [0.25, 0.3) is 0 Å². The number of hydrogen-bond acceptors (Lipinski definition) is 2. The van der Waals surface area contributed by atoms with Gasteiger partial charge in [-0.25, -0.2) is 0 Å². The number of likely N-dealkylation sites (N-methyl/N-ethyl adjacent to an activating group) is 1. The first-order valence-corrected chi connectivity index (χ1v) is 12.2. The maximum absolute atomic E-state index is 14.0. The number of alkyl halides is 3. The van der Waals surface area contributed by atoms with E-state index >= 15 is 0 Å². The second kappa shape index (κ2) is 12.5. The minimum Gasteiger partial charge on any atom is -0.355 e. The lowest BCUT2D eigenvalue weighted by atomic mass is 10.1. The number of amides is 1. The third-order valence-electron chi connectivity index (χ3n) is 5.97. The van der Waals surface area contributed by atoms with E-state index in [1.807, 2.05) is 43.3 Å². The highest BCUT2D eigenvalue weighted by Crippen LogP contribution is 2.39. The van der Waals surface area contributed by atoms with Crippen LogP contribution in [0.3, 0.4) is 0 Å². The van der Waals surface area contributed by atoms with Crippen LogP contribution in [0.4, 0.5) is 13.2 Å². The van der Waals surface area contributed by atoms with Crippen molar-refractivity contribution in [2.75, 3.05) is 27.2 Å². The van der Waals surface area contributed by atoms with Crippen LogP contribution in [-0.4, -0.2) is 42.6 Å². The molecule has 0 aliphatic rings. The Labute approximate surface area is 231 Å². The second-order valence-electron chi connectivity index (χ2n) is 8.99. The van der Waals surface area contributed by atoms with Crippen molar-refractivity contribution in [3.8, 4) is 28.2 Å². The number of rotatable bonds is 8. The van der Waals surface area contributed by atoms with Crippen LogP contribution >= 0.6 is 24.0 Å². The zero-order valence-electron chi connectivity index (χ0n) is 20.9. The molecule has 4 nitrogen and oxygen atoms in total. The van der Waals surface area contributed by atoms with E-state index in [0.717, 1.165) is 29.3 Å². The lowest BCUT2D eigenvalue weighted by molar-refractivity contribution is -0.137. The Hall–Kier alpha value is -3.26. The van der Waals surface area contributed by atoms with Crippen molar-refractivity contribution in [1.29, 1.82) is 0 Å². The summed E-state index contributed by atoms with van der Waals surface area (Å²) in [5, 5.41) is 3.43. The van der Waals surface area contributed by atoms with E-state index in [-0.39, 0.29) is 30.4 Å². The van der Waals surface area contributed by atoms with Gasteiger partial charge in [0.1, 0.15) is 0 Å². The first-order valence-electron chi connectivity index (χ1n) is 11.8. The molecule has 200 valence electrons. The highest BCUT2D eigenvalue weighted by molar-refractivity contribution is 6.30. The van der Waals surface area contributed by atoms with E-state index < -0.39 is 11.7 Å². The van der Waals surface area contributed by atoms with Crippen LogP contribution in [0.25, 0.3) is 28.2 Å². The van der Waals surface area contributed by atoms with Gasteiger partial charge in [0, 0.05) is 18.1 Å². The molecular weight excluding hydrogens is 534 g/mol. The fourth-order valence-electron chi connectivity index (χ4n) is 4.14. The molecule has 0 saturated heterocycles. The molecule has 1 N–H and O–H groups in total. The Morgan fingerprint density at radius 1 is 0.868 bits per heavy atom. The predicted octanol–water partition coefficient (Wildman–Crippen LogP) is 7.13. The van der Waals surface area contributed by atoms with Crippen LogP contribution < -0.4 is 5.32 Å². The molecule has 9 heteroatoms. The SMILES string of the molecule is CN(C)CCNC(=O)Cc1ccc(-c2ccc(-c3ccc(Cl)cc3)n2-c2ccccc2C(F)(F)F)cc1.Cl. The van der Waals surface area contributed by atoms with E-state index in [4.69, 9.17) is 11.6 Å². The van der Waals surface area contributed by atoms with Crippen LogP contribution in [0.2, 0.25) is 5.02 Å². The third kappa shape index (κ3) is 6.98. The smallest absolute Gasteiger partial charge is 0.355 e. The van der Waals surface area contributed by atoms with Crippen LogP contribution in [0.1, 0.15) is 11.1 Å². The van der Waals surface area contributed by atoms with Crippen molar-refractivity contribution < 1.29 is 18.0 Å². The number of nitrogens with zero attached hydrogens (tertiary/aromatic N) is 2. The van der Waals surface area contributed by atoms with E-state index in [1.54, 1.807) is 47.0 Å². The Morgan fingerprint density at radius 3 is 1.97 bits per heavy atom. The fourth-order valence-corrected chi connectivity index (χ4v) is 4.26. The second-order valence-corrected chi connectivity index (χ2v) is 9.42. The summed E-state index contributed by atoms with van der Waals surface area (Å²) in [5.74, 6) is -0.0814. The largest absolute Gasteiger partial charge is 0.418 e. The quantitative estimate of drug-likeness (QED) is 0.248. The predicted molar refractivity (Wildman–Crippen MR) is 149 cm³/mol. The molecule has 1 heterocycles. The van der Waals surface area contributed by atoms with Gasteiger partial charge in [-0.15, -0.1) is 12.4 Å². The fraction of sp³-hybridized carbons (Fsp3) is 0.207. The zero-order valence-corrected chi connectivity index (χ0v) is 22.5. The lowest BCUT2D eigenvalue weighted by Crippen LogP contribution is -2.32. The molecule has 0 unspecified atom stereocenters. The number of benzene rings is 3. The van der Waals surface area contributed by atoms with E-state index in [1.165, 1.54) is 12.1 Å². The molecule has 0 bridgehead atoms. The van der Waals surface area contributed by atoms with Crippen molar-refractivity contribution in [2.45, 2.75) is 12.6 Å². The van der Waals surface area contributed by atoms with Gasteiger partial charge in [0.15, 0.2) is 0 Å². The number of carbonyl (C=O) groups excluding carboxylic acids is 1. The molecule has 0 aliphatic carbocycles. The minimum absolute atomic E-state index is 0. The Kier molecular flexibility index (Phi) is 9.66. The summed E-state index contributed by atoms with van der Waals surface area (Å²) in [6.07, 6.45) is -4.30. The third-order valence-corrected chi connectivity index (χ3v) is 6.22. The van der Waals surface area contributed by atoms with E-state index in [0.29, 0.717) is 23.0 Å². The van der Waals surface area contributed by atoms with Gasteiger partial charge >= 0.3 is 6.18 Å². The average Bonchev–Trinajstić information content (AvgIpc) is 3.29. The minimum atomic E-state index is -4.53. The number of carbonyl (C=O) groups is 1. The van der Waals surface area contributed by atoms with Crippen LogP contribution in [0, 0.1) is 0 Å². The van der Waals surface area contributed by atoms with Gasteiger partial charge in [-0.05, 0) is 67.2 Å². The summed E-state index contributed by atoms with van der Waals surface area (Å²) >= 11 is 6.05. The molecule has 3 aromatic carbocycles. The van der Waals surface area contributed by atoms with Gasteiger partial charge in [-0.2, -0.15) is 13.2 Å². The molecule has 1 aromatic heterocycles. The first kappa shape index (κ1) is 29.3. The van der Waals surface area contributed by atoms with Crippen molar-refractivity contribution in [3.63, 3.8) is 0 Å². The molecule has 38 heavy (non-hydrogen) atoms. The first-order chi connectivity index (χ1) is 17.6. The molecule has 0 spiro atoms. The molecular formula is C29H28Cl2F3N3O. The van der Waals surface area contributed by atoms with Crippen LogP contribution in [-0.2, 0) is 17.4 Å². The van der Waals surface area contributed by atoms with Crippen molar-refractivity contribution in [2.24, 2.45) is 0 Å². The number of hydrogen-bond donors (Lipinski definition) is 1. The Morgan fingerprint density at radius 2 is 1.42 bits per heavy atom. The number of halogens is 5. The Balaban J connectivity index is 0.00000400. The van der Waals surface area contributed by atoms with E-state index in [2.05, 4.69) is 5.32 Å². The molecule has 0 atom stereocenters. The summed E-state index contributed by atoms with van der Waals surface area (Å²) in [6.45, 7) is 1.31. The van der Waals surface area contributed by atoms with Gasteiger partial charge in [-0.3, -0.25) is 4.79 Å². The summed E-state index contributed by atoms with van der Waals surface area (Å²) in [6, 6.07) is 23.5. The van der Waals surface area contributed by atoms with Crippen molar-refractivity contribution in [1.82, 2.24) is 14.8 Å². The summed E-state index contributed by atoms with van der Waals surface area (Å²) in [4.78, 5) is 14.2. The Bertz CT molecular complexity index is 1370. The number of para-hydroxylation sites is 1. The highest BCUT2D eigenvalue weighted by Gasteiger charge is 2.34. The van der Waals surface area contributed by atoms with Crippen LogP contribution in [0.5, 0.6) is 0 Å². The van der Waals surface area contributed by atoms with Crippen molar-refractivity contribution >= 4 is 29.9 Å². The van der Waals surface area contributed by atoms with Crippen molar-refractivity contribution in [3.05, 3.63) is 101 Å². The molecule has 0 fully saturated rings. The van der Waals surface area contributed by atoms with Gasteiger partial charge in [0.05, 0.1) is 29.1 Å². The molecule has 1 amide bonds. The number of aromatic nitrogens is 1. The maximum atomic E-state index is 14.0. The topological polar surface area (TPSA) is 37.3 Å². The zero-order chi connectivity index (χ0) is 26.6. The average molecular weight is 562 g/mol. The number of nitrogens with one attached hydrogen (secondary N) is 1. The van der Waals surface area contributed by atoms with E-state index in [9.17, 15) is 18.0 Å². The van der Waals surface area contributed by atoms with Gasteiger partial charge < -0.3 is 14.8 Å². The molecule has 4 aromatic rings.